The summed E-state index contributed by atoms with van der Waals surface area (Å²) in [5.41, 5.74) is 2.19. The van der Waals surface area contributed by atoms with E-state index in [1.54, 1.807) is 17.7 Å². The summed E-state index contributed by atoms with van der Waals surface area (Å²) in [6.07, 6.45) is -1.20. The van der Waals surface area contributed by atoms with Crippen LogP contribution in [0.25, 0.3) is 21.3 Å². The topological polar surface area (TPSA) is 129 Å². The number of alkyl halides is 3. The molecule has 0 atom stereocenters. The van der Waals surface area contributed by atoms with Crippen LogP contribution in [0.2, 0.25) is 0 Å². The second-order valence-electron chi connectivity index (χ2n) is 13.0. The van der Waals surface area contributed by atoms with Gasteiger partial charge >= 0.3 is 11.9 Å². The molecule has 1 saturated carbocycles. The van der Waals surface area contributed by atoms with Crippen molar-refractivity contribution in [3.8, 4) is 0 Å². The van der Waals surface area contributed by atoms with E-state index in [1.165, 1.54) is 10.6 Å². The van der Waals surface area contributed by atoms with Crippen LogP contribution in [0.4, 0.5) is 30.6 Å². The van der Waals surface area contributed by atoms with Gasteiger partial charge in [0.2, 0.25) is 16.0 Å². The molecular formula is C30H37F3N8O4S2. The number of fused-ring (bicyclic) bond motifs is 2. The minimum atomic E-state index is -4.29. The highest BCUT2D eigenvalue weighted by Crippen LogP contribution is 2.50. The molecule has 0 radical (unpaired) electrons. The van der Waals surface area contributed by atoms with Crippen molar-refractivity contribution < 1.29 is 26.0 Å². The lowest BCUT2D eigenvalue weighted by Crippen LogP contribution is -2.49. The van der Waals surface area contributed by atoms with E-state index in [9.17, 15) is 26.4 Å². The van der Waals surface area contributed by atoms with Gasteiger partial charge in [-0.1, -0.05) is 0 Å². The molecule has 12 nitrogen and oxygen atoms in total. The lowest BCUT2D eigenvalue weighted by molar-refractivity contribution is -0.126. The maximum Gasteiger partial charge on any atom is 0.419 e. The van der Waals surface area contributed by atoms with Gasteiger partial charge in [0.15, 0.2) is 5.58 Å². The van der Waals surface area contributed by atoms with Crippen molar-refractivity contribution in [1.82, 2.24) is 23.7 Å². The molecule has 4 aromatic rings. The number of aromatic nitrogens is 3. The third-order valence-electron chi connectivity index (χ3n) is 9.60. The summed E-state index contributed by atoms with van der Waals surface area (Å²) in [6, 6.07) is 7.53. The Hall–Kier alpha value is -3.41. The second kappa shape index (κ2) is 11.9. The van der Waals surface area contributed by atoms with Crippen LogP contribution in [0.1, 0.15) is 24.1 Å². The van der Waals surface area contributed by atoms with E-state index in [2.05, 4.69) is 30.4 Å². The normalized spacial score (nSPS) is 22.8. The van der Waals surface area contributed by atoms with Gasteiger partial charge in [-0.15, -0.1) is 11.3 Å². The van der Waals surface area contributed by atoms with E-state index in [-0.39, 0.29) is 16.3 Å². The van der Waals surface area contributed by atoms with Crippen LogP contribution in [0.3, 0.4) is 0 Å². The number of hydrogen-bond donors (Lipinski definition) is 2. The van der Waals surface area contributed by atoms with E-state index in [1.807, 2.05) is 18.2 Å². The van der Waals surface area contributed by atoms with Gasteiger partial charge in [0.05, 0.1) is 23.6 Å². The quantitative estimate of drug-likeness (QED) is 0.267. The van der Waals surface area contributed by atoms with Crippen molar-refractivity contribution in [2.45, 2.75) is 44.4 Å². The third kappa shape index (κ3) is 6.67. The van der Waals surface area contributed by atoms with Crippen molar-refractivity contribution in [1.29, 1.82) is 0 Å². The van der Waals surface area contributed by atoms with Crippen LogP contribution in [0.5, 0.6) is 0 Å². The molecule has 0 bridgehead atoms. The zero-order valence-electron chi connectivity index (χ0n) is 26.1. The molecule has 2 N–H and O–H groups in total. The molecule has 1 spiro atoms. The highest BCUT2D eigenvalue weighted by molar-refractivity contribution is 7.88. The Balaban J connectivity index is 0.970. The number of hydrogen-bond acceptors (Lipinski definition) is 11. The number of oxazole rings is 1. The minimum Gasteiger partial charge on any atom is -0.408 e. The van der Waals surface area contributed by atoms with Crippen molar-refractivity contribution in [3.63, 3.8) is 0 Å². The van der Waals surface area contributed by atoms with Gasteiger partial charge in [-0.3, -0.25) is 9.47 Å². The van der Waals surface area contributed by atoms with Crippen LogP contribution in [-0.4, -0.2) is 103 Å². The maximum absolute atomic E-state index is 13.1. The van der Waals surface area contributed by atoms with E-state index in [0.29, 0.717) is 66.8 Å². The first-order valence-corrected chi connectivity index (χ1v) is 18.3. The van der Waals surface area contributed by atoms with Crippen LogP contribution >= 0.6 is 11.3 Å². The average Bonchev–Trinajstić information content (AvgIpc) is 3.68. The van der Waals surface area contributed by atoms with Gasteiger partial charge in [-0.2, -0.15) is 22.5 Å². The first-order valence-electron chi connectivity index (χ1n) is 15.6. The Labute approximate surface area is 273 Å². The Morgan fingerprint density at radius 2 is 1.85 bits per heavy atom. The van der Waals surface area contributed by atoms with E-state index in [0.717, 1.165) is 54.9 Å². The van der Waals surface area contributed by atoms with Gasteiger partial charge in [0.25, 0.3) is 0 Å². The van der Waals surface area contributed by atoms with E-state index >= 15 is 0 Å². The Bertz CT molecular complexity index is 1960. The molecule has 1 aliphatic carbocycles. The standard InChI is InChI=1S/C30H37F3N8O4S2/c1-34-27-36-25(22-14-21(17-30(31,32)33)46-26(22)37-27)39-6-5-29(18-39)15-20(16-29)35-19-3-4-23-24(13-19)45-28(42)41(23)12-9-38-7-10-40(11-8-38)47(2,43)44/h3-4,13-14,20,35H,5-12,15-18H2,1-2H3,(H,34,36,37). The Morgan fingerprint density at radius 1 is 1.09 bits per heavy atom. The zero-order chi connectivity index (χ0) is 33.1. The summed E-state index contributed by atoms with van der Waals surface area (Å²) in [7, 11) is -1.49. The van der Waals surface area contributed by atoms with Crippen molar-refractivity contribution in [2.75, 3.05) is 74.7 Å². The second-order valence-corrected chi connectivity index (χ2v) is 16.1. The number of sulfonamides is 1. The lowest BCUT2D eigenvalue weighted by Gasteiger charge is -2.46. The Morgan fingerprint density at radius 3 is 2.55 bits per heavy atom. The summed E-state index contributed by atoms with van der Waals surface area (Å²) in [4.78, 5) is 26.9. The summed E-state index contributed by atoms with van der Waals surface area (Å²) in [5, 5.41) is 7.19. The van der Waals surface area contributed by atoms with Crippen LogP contribution in [0.15, 0.2) is 33.5 Å². The number of benzene rings is 1. The molecule has 3 fully saturated rings. The fourth-order valence-corrected chi connectivity index (χ4v) is 9.14. The molecule has 3 aromatic heterocycles. The first kappa shape index (κ1) is 32.2. The molecule has 254 valence electrons. The monoisotopic (exact) mass is 694 g/mol. The summed E-state index contributed by atoms with van der Waals surface area (Å²) >= 11 is 1.06. The van der Waals surface area contributed by atoms with E-state index < -0.39 is 28.4 Å². The number of nitrogens with one attached hydrogen (secondary N) is 2. The molecule has 1 aromatic carbocycles. The molecule has 3 aliphatic rings. The molecule has 5 heterocycles. The third-order valence-corrected chi connectivity index (χ3v) is 11.9. The number of nitrogens with zero attached hydrogens (tertiary/aromatic N) is 6. The minimum absolute atomic E-state index is 0.0896. The first-order chi connectivity index (χ1) is 22.3. The van der Waals surface area contributed by atoms with E-state index in [4.69, 9.17) is 4.42 Å². The lowest BCUT2D eigenvalue weighted by atomic mass is 9.65. The van der Waals surface area contributed by atoms with Crippen LogP contribution in [-0.2, 0) is 23.0 Å². The van der Waals surface area contributed by atoms with Gasteiger partial charge in [-0.25, -0.2) is 18.2 Å². The van der Waals surface area contributed by atoms with Gasteiger partial charge < -0.3 is 20.0 Å². The fraction of sp³-hybridized carbons (Fsp3) is 0.567. The molecular weight excluding hydrogens is 658 g/mol. The molecule has 0 unspecified atom stereocenters. The van der Waals surface area contributed by atoms with Gasteiger partial charge in [-0.05, 0) is 42.9 Å². The SMILES string of the molecule is CNc1nc(N2CCC3(CC(Nc4ccc5c(c4)oc(=O)n5CCN4CCN(S(C)(=O)=O)CC4)C3)C2)c2cc(CC(F)(F)F)sc2n1. The smallest absolute Gasteiger partial charge is 0.408 e. The summed E-state index contributed by atoms with van der Waals surface area (Å²) in [5.74, 6) is 0.653. The van der Waals surface area contributed by atoms with Crippen molar-refractivity contribution in [3.05, 3.63) is 39.7 Å². The molecule has 0 amide bonds. The largest absolute Gasteiger partial charge is 0.419 e. The van der Waals surface area contributed by atoms with Crippen LogP contribution < -0.4 is 21.3 Å². The van der Waals surface area contributed by atoms with Gasteiger partial charge in [0, 0.05) is 82.1 Å². The predicted octanol–water partition coefficient (Wildman–Crippen LogP) is 3.79. The fourth-order valence-electron chi connectivity index (χ4n) is 7.26. The number of piperazine rings is 1. The van der Waals surface area contributed by atoms with Gasteiger partial charge in [0.1, 0.15) is 10.6 Å². The summed E-state index contributed by atoms with van der Waals surface area (Å²) < 4.78 is 71.5. The maximum atomic E-state index is 13.1. The highest BCUT2D eigenvalue weighted by Gasteiger charge is 2.49. The number of halogens is 3. The van der Waals surface area contributed by atoms with Crippen LogP contribution in [0, 0.1) is 5.41 Å². The predicted molar refractivity (Wildman–Crippen MR) is 176 cm³/mol. The Kier molecular flexibility index (Phi) is 8.16. The molecule has 47 heavy (non-hydrogen) atoms. The zero-order valence-corrected chi connectivity index (χ0v) is 27.8. The highest BCUT2D eigenvalue weighted by atomic mass is 32.2. The number of thiophene rings is 1. The molecule has 17 heteroatoms. The summed E-state index contributed by atoms with van der Waals surface area (Å²) in [6.45, 7) is 4.71. The molecule has 2 saturated heterocycles. The average molecular weight is 695 g/mol. The van der Waals surface area contributed by atoms with Crippen molar-refractivity contribution >= 4 is 60.1 Å². The number of anilines is 3. The van der Waals surface area contributed by atoms with Crippen molar-refractivity contribution in [2.24, 2.45) is 5.41 Å². The number of rotatable bonds is 9. The molecule has 2 aliphatic heterocycles. The molecule has 7 rings (SSSR count).